The van der Waals surface area contributed by atoms with E-state index in [4.69, 9.17) is 0 Å². The van der Waals surface area contributed by atoms with Crippen LogP contribution in [0.4, 0.5) is 5.95 Å². The van der Waals surface area contributed by atoms with Crippen LogP contribution in [0.25, 0.3) is 5.65 Å². The van der Waals surface area contributed by atoms with E-state index < -0.39 is 0 Å². The first-order valence-corrected chi connectivity index (χ1v) is 9.56. The number of nitrogens with one attached hydrogen (secondary N) is 1. The molecule has 1 amide bonds. The minimum absolute atomic E-state index is 0.0444. The normalized spacial score (nSPS) is 17.0. The maximum absolute atomic E-state index is 12.5. The van der Waals surface area contributed by atoms with Crippen LogP contribution in [0.2, 0.25) is 0 Å². The first-order valence-electron chi connectivity index (χ1n) is 9.56. The molecule has 1 N–H and O–H groups in total. The van der Waals surface area contributed by atoms with E-state index in [0.29, 0.717) is 37.7 Å². The highest BCUT2D eigenvalue weighted by molar-refractivity contribution is 5.79. The number of fused-ring (bicyclic) bond motifs is 1. The van der Waals surface area contributed by atoms with Crippen LogP contribution < -0.4 is 15.9 Å². The summed E-state index contributed by atoms with van der Waals surface area (Å²) in [6, 6.07) is 7.23. The summed E-state index contributed by atoms with van der Waals surface area (Å²) in [6.45, 7) is 2.47. The van der Waals surface area contributed by atoms with Crippen molar-refractivity contribution >= 4 is 17.5 Å². The molecule has 9 nitrogen and oxygen atoms in total. The molecule has 0 aliphatic carbocycles. The van der Waals surface area contributed by atoms with E-state index in [2.05, 4.69) is 25.3 Å². The maximum Gasteiger partial charge on any atom is 0.350 e. The van der Waals surface area contributed by atoms with Crippen molar-refractivity contribution in [3.8, 4) is 0 Å². The zero-order valence-electron chi connectivity index (χ0n) is 15.6. The van der Waals surface area contributed by atoms with Gasteiger partial charge in [0.2, 0.25) is 11.9 Å². The van der Waals surface area contributed by atoms with Crippen molar-refractivity contribution in [2.24, 2.45) is 5.92 Å². The van der Waals surface area contributed by atoms with Crippen LogP contribution >= 0.6 is 0 Å². The molecule has 1 unspecified atom stereocenters. The van der Waals surface area contributed by atoms with E-state index in [1.54, 1.807) is 36.8 Å². The third kappa shape index (κ3) is 3.88. The number of hydrogen-bond donors (Lipinski definition) is 1. The number of amides is 1. The van der Waals surface area contributed by atoms with Gasteiger partial charge in [-0.25, -0.2) is 19.4 Å². The number of nitrogens with zero attached hydrogens (tertiary/aromatic N) is 6. The first kappa shape index (κ1) is 18.1. The van der Waals surface area contributed by atoms with E-state index >= 15 is 0 Å². The molecular weight excluding hydrogens is 358 g/mol. The molecule has 0 saturated carbocycles. The number of aryl methyl sites for hydroxylation is 1. The number of carbonyl (C=O) groups is 1. The number of anilines is 1. The Morgan fingerprint density at radius 2 is 2.07 bits per heavy atom. The minimum atomic E-state index is -0.160. The number of rotatable bonds is 6. The Bertz CT molecular complexity index is 998. The third-order valence-electron chi connectivity index (χ3n) is 4.96. The summed E-state index contributed by atoms with van der Waals surface area (Å²) >= 11 is 0. The van der Waals surface area contributed by atoms with Gasteiger partial charge in [0.05, 0.1) is 5.92 Å². The van der Waals surface area contributed by atoms with E-state index in [1.165, 1.54) is 9.08 Å². The van der Waals surface area contributed by atoms with Crippen LogP contribution in [0.5, 0.6) is 0 Å². The van der Waals surface area contributed by atoms with Crippen molar-refractivity contribution in [2.45, 2.75) is 25.8 Å². The fourth-order valence-corrected chi connectivity index (χ4v) is 3.53. The van der Waals surface area contributed by atoms with Crippen LogP contribution in [0.15, 0.2) is 47.7 Å². The third-order valence-corrected chi connectivity index (χ3v) is 4.96. The maximum atomic E-state index is 12.5. The topological polar surface area (TPSA) is 97.4 Å². The molecule has 9 heteroatoms. The second kappa shape index (κ2) is 8.20. The summed E-state index contributed by atoms with van der Waals surface area (Å²) in [5.41, 5.74) is 0.467. The van der Waals surface area contributed by atoms with Gasteiger partial charge in [-0.1, -0.05) is 6.07 Å². The summed E-state index contributed by atoms with van der Waals surface area (Å²) in [5.74, 6) is 0.643. The minimum Gasteiger partial charge on any atom is -0.356 e. The highest BCUT2D eigenvalue weighted by atomic mass is 16.2. The lowest BCUT2D eigenvalue weighted by molar-refractivity contribution is -0.125. The molecule has 3 aromatic heterocycles. The van der Waals surface area contributed by atoms with Crippen molar-refractivity contribution in [2.75, 3.05) is 24.5 Å². The summed E-state index contributed by atoms with van der Waals surface area (Å²) < 4.78 is 2.96. The second-order valence-corrected chi connectivity index (χ2v) is 6.91. The van der Waals surface area contributed by atoms with Gasteiger partial charge in [0.1, 0.15) is 0 Å². The Balaban J connectivity index is 1.27. The number of carbonyl (C=O) groups excluding carboxylic acids is 1. The molecule has 0 radical (unpaired) electrons. The highest BCUT2D eigenvalue weighted by Crippen LogP contribution is 2.20. The largest absolute Gasteiger partial charge is 0.356 e. The summed E-state index contributed by atoms with van der Waals surface area (Å²) in [4.78, 5) is 35.4. The molecule has 146 valence electrons. The Labute approximate surface area is 162 Å². The van der Waals surface area contributed by atoms with Crippen molar-refractivity contribution in [3.63, 3.8) is 0 Å². The molecule has 4 rings (SSSR count). The highest BCUT2D eigenvalue weighted by Gasteiger charge is 2.26. The van der Waals surface area contributed by atoms with Gasteiger partial charge in [-0.3, -0.25) is 9.20 Å². The fourth-order valence-electron chi connectivity index (χ4n) is 3.53. The van der Waals surface area contributed by atoms with Gasteiger partial charge in [0.15, 0.2) is 5.65 Å². The van der Waals surface area contributed by atoms with Crippen molar-refractivity contribution < 1.29 is 4.79 Å². The molecule has 28 heavy (non-hydrogen) atoms. The smallest absolute Gasteiger partial charge is 0.350 e. The molecular formula is C19H23N7O2. The molecule has 0 aromatic carbocycles. The van der Waals surface area contributed by atoms with E-state index in [1.807, 2.05) is 6.07 Å². The first-order chi connectivity index (χ1) is 13.7. The molecule has 4 heterocycles. The Kier molecular flexibility index (Phi) is 5.31. The van der Waals surface area contributed by atoms with E-state index in [9.17, 15) is 9.59 Å². The van der Waals surface area contributed by atoms with Crippen LogP contribution in [0, 0.1) is 5.92 Å². The molecule has 1 saturated heterocycles. The predicted octanol–water partition coefficient (Wildman–Crippen LogP) is 0.709. The molecule has 1 atom stereocenters. The zero-order valence-corrected chi connectivity index (χ0v) is 15.6. The number of piperidine rings is 1. The van der Waals surface area contributed by atoms with Crippen LogP contribution in [0.1, 0.15) is 19.3 Å². The van der Waals surface area contributed by atoms with Gasteiger partial charge in [0, 0.05) is 44.8 Å². The molecule has 3 aromatic rings. The SMILES string of the molecule is O=C(NCCCn1nc2ccccn2c1=O)C1CCCN(c2ncccn2)C1. The lowest BCUT2D eigenvalue weighted by atomic mass is 9.97. The lowest BCUT2D eigenvalue weighted by Gasteiger charge is -2.31. The summed E-state index contributed by atoms with van der Waals surface area (Å²) in [7, 11) is 0. The molecule has 1 fully saturated rings. The van der Waals surface area contributed by atoms with Crippen LogP contribution in [-0.4, -0.2) is 49.7 Å². The van der Waals surface area contributed by atoms with Gasteiger partial charge < -0.3 is 10.2 Å². The molecule has 1 aliphatic rings. The summed E-state index contributed by atoms with van der Waals surface area (Å²) in [5, 5.41) is 7.29. The van der Waals surface area contributed by atoms with Crippen molar-refractivity contribution in [3.05, 3.63) is 53.3 Å². The Morgan fingerprint density at radius 1 is 1.21 bits per heavy atom. The van der Waals surface area contributed by atoms with Gasteiger partial charge >= 0.3 is 5.69 Å². The molecule has 1 aliphatic heterocycles. The summed E-state index contributed by atoms with van der Waals surface area (Å²) in [6.07, 6.45) is 7.58. The number of pyridine rings is 1. The molecule has 0 bridgehead atoms. The monoisotopic (exact) mass is 381 g/mol. The van der Waals surface area contributed by atoms with Gasteiger partial charge in [-0.15, -0.1) is 5.10 Å². The average Bonchev–Trinajstić information content (AvgIpc) is 3.07. The van der Waals surface area contributed by atoms with Gasteiger partial charge in [-0.2, -0.15) is 0 Å². The second-order valence-electron chi connectivity index (χ2n) is 6.91. The lowest BCUT2D eigenvalue weighted by Crippen LogP contribution is -2.44. The predicted molar refractivity (Wildman–Crippen MR) is 104 cm³/mol. The van der Waals surface area contributed by atoms with Crippen LogP contribution in [0.3, 0.4) is 0 Å². The number of aromatic nitrogens is 5. The average molecular weight is 381 g/mol. The number of hydrogen-bond acceptors (Lipinski definition) is 6. The Morgan fingerprint density at radius 3 is 2.89 bits per heavy atom. The van der Waals surface area contributed by atoms with Crippen molar-refractivity contribution in [1.29, 1.82) is 0 Å². The zero-order chi connectivity index (χ0) is 19.3. The van der Waals surface area contributed by atoms with Gasteiger partial charge in [-0.05, 0) is 37.5 Å². The fraction of sp³-hybridized carbons (Fsp3) is 0.421. The van der Waals surface area contributed by atoms with E-state index in [-0.39, 0.29) is 17.5 Å². The van der Waals surface area contributed by atoms with Crippen molar-refractivity contribution in [1.82, 2.24) is 29.5 Å². The van der Waals surface area contributed by atoms with E-state index in [0.717, 1.165) is 19.4 Å². The van der Waals surface area contributed by atoms with Gasteiger partial charge in [0.25, 0.3) is 0 Å². The Hall–Kier alpha value is -3.23. The molecule has 0 spiro atoms. The standard InChI is InChI=1S/C19H23N7O2/c27-17(15-6-3-11-24(14-15)18-21-8-4-9-22-18)20-10-5-13-26-19(28)25-12-2-1-7-16(25)23-26/h1-2,4,7-9,12,15H,3,5-6,10-11,13-14H2,(H,20,27). The van der Waals surface area contributed by atoms with Crippen LogP contribution in [-0.2, 0) is 11.3 Å². The quantitative estimate of drug-likeness (QED) is 0.632.